The topological polar surface area (TPSA) is 75.7 Å². The lowest BCUT2D eigenvalue weighted by Crippen LogP contribution is -2.41. The summed E-state index contributed by atoms with van der Waals surface area (Å²) < 4.78 is 31.0. The number of benzene rings is 2. The average molecular weight is 405 g/mol. The van der Waals surface area contributed by atoms with Crippen molar-refractivity contribution < 1.29 is 17.9 Å². The fourth-order valence-corrected chi connectivity index (χ4v) is 3.85. The number of anilines is 1. The zero-order valence-corrected chi connectivity index (χ0v) is 17.8. The molecule has 2 aromatic carbocycles. The van der Waals surface area contributed by atoms with Crippen molar-refractivity contribution in [2.24, 2.45) is 0 Å². The minimum atomic E-state index is -3.62. The Morgan fingerprint density at radius 1 is 1.14 bits per heavy atom. The van der Waals surface area contributed by atoms with Crippen LogP contribution in [0.25, 0.3) is 0 Å². The maximum absolute atomic E-state index is 12.6. The van der Waals surface area contributed by atoms with Gasteiger partial charge < -0.3 is 10.1 Å². The molecule has 0 saturated carbocycles. The highest BCUT2D eigenvalue weighted by molar-refractivity contribution is 7.92. The van der Waals surface area contributed by atoms with Crippen molar-refractivity contribution in [2.45, 2.75) is 33.7 Å². The molecule has 0 bridgehead atoms. The maximum atomic E-state index is 12.6. The second kappa shape index (κ2) is 9.10. The van der Waals surface area contributed by atoms with E-state index in [9.17, 15) is 13.2 Å². The van der Waals surface area contributed by atoms with Crippen molar-refractivity contribution in [1.82, 2.24) is 5.32 Å². The number of sulfonamides is 1. The molecule has 0 fully saturated rings. The van der Waals surface area contributed by atoms with E-state index in [1.54, 1.807) is 24.3 Å². The highest BCUT2D eigenvalue weighted by Crippen LogP contribution is 2.22. The van der Waals surface area contributed by atoms with Crippen molar-refractivity contribution >= 4 is 21.6 Å². The molecule has 0 radical (unpaired) electrons. The van der Waals surface area contributed by atoms with Gasteiger partial charge in [-0.15, -0.1) is 0 Å². The molecular formula is C21H28N2O4S. The number of hydrogen-bond donors (Lipinski definition) is 1. The molecule has 1 unspecified atom stereocenters. The van der Waals surface area contributed by atoms with Gasteiger partial charge in [0, 0.05) is 0 Å². The average Bonchev–Trinajstić information content (AvgIpc) is 2.62. The molecule has 28 heavy (non-hydrogen) atoms. The Hall–Kier alpha value is -2.54. The normalized spacial score (nSPS) is 12.3. The summed E-state index contributed by atoms with van der Waals surface area (Å²) in [5.74, 6) is 0.278. The SMILES string of the molecule is CCOc1ccc(N(CC(=O)NC(C)c2cc(C)ccc2C)S(C)(=O)=O)cc1. The molecule has 152 valence electrons. The first kappa shape index (κ1) is 21.8. The van der Waals surface area contributed by atoms with Crippen molar-refractivity contribution in [1.29, 1.82) is 0 Å². The Labute approximate surface area is 167 Å². The van der Waals surface area contributed by atoms with Gasteiger partial charge in [0.05, 0.1) is 24.6 Å². The van der Waals surface area contributed by atoms with Crippen molar-refractivity contribution in [2.75, 3.05) is 23.7 Å². The first-order valence-corrected chi connectivity index (χ1v) is 11.0. The van der Waals surface area contributed by atoms with Gasteiger partial charge >= 0.3 is 0 Å². The Bertz CT molecular complexity index is 924. The fraction of sp³-hybridized carbons (Fsp3) is 0.381. The lowest BCUT2D eigenvalue weighted by molar-refractivity contribution is -0.120. The molecule has 1 N–H and O–H groups in total. The number of nitrogens with one attached hydrogen (secondary N) is 1. The molecule has 0 aliphatic heterocycles. The van der Waals surface area contributed by atoms with Gasteiger partial charge in [0.2, 0.25) is 15.9 Å². The number of amides is 1. The summed E-state index contributed by atoms with van der Waals surface area (Å²) in [4.78, 5) is 12.6. The maximum Gasteiger partial charge on any atom is 0.241 e. The van der Waals surface area contributed by atoms with Gasteiger partial charge in [-0.1, -0.05) is 23.8 Å². The third-order valence-electron chi connectivity index (χ3n) is 4.40. The zero-order valence-electron chi connectivity index (χ0n) is 17.0. The summed E-state index contributed by atoms with van der Waals surface area (Å²) in [5, 5.41) is 2.90. The summed E-state index contributed by atoms with van der Waals surface area (Å²) in [6, 6.07) is 12.5. The van der Waals surface area contributed by atoms with E-state index in [4.69, 9.17) is 4.74 Å². The van der Waals surface area contributed by atoms with Crippen molar-refractivity contribution in [3.8, 4) is 5.75 Å². The smallest absolute Gasteiger partial charge is 0.241 e. The summed E-state index contributed by atoms with van der Waals surface area (Å²) >= 11 is 0. The number of carbonyl (C=O) groups is 1. The van der Waals surface area contributed by atoms with Gasteiger partial charge in [-0.2, -0.15) is 0 Å². The number of nitrogens with zero attached hydrogens (tertiary/aromatic N) is 1. The number of aryl methyl sites for hydroxylation is 2. The first-order chi connectivity index (χ1) is 13.1. The van der Waals surface area contributed by atoms with Gasteiger partial charge in [0.25, 0.3) is 0 Å². The lowest BCUT2D eigenvalue weighted by Gasteiger charge is -2.24. The molecule has 0 heterocycles. The summed E-state index contributed by atoms with van der Waals surface area (Å²) in [5.41, 5.74) is 3.61. The van der Waals surface area contributed by atoms with E-state index in [2.05, 4.69) is 5.32 Å². The van der Waals surface area contributed by atoms with E-state index in [0.29, 0.717) is 18.0 Å². The second-order valence-electron chi connectivity index (χ2n) is 6.85. The van der Waals surface area contributed by atoms with Crippen LogP contribution in [-0.4, -0.2) is 33.7 Å². The van der Waals surface area contributed by atoms with E-state index in [-0.39, 0.29) is 18.5 Å². The Morgan fingerprint density at radius 3 is 2.36 bits per heavy atom. The van der Waals surface area contributed by atoms with Crippen LogP contribution >= 0.6 is 0 Å². The van der Waals surface area contributed by atoms with E-state index >= 15 is 0 Å². The molecule has 6 nitrogen and oxygen atoms in total. The van der Waals surface area contributed by atoms with E-state index in [1.807, 2.05) is 45.9 Å². The van der Waals surface area contributed by atoms with Crippen LogP contribution in [0.2, 0.25) is 0 Å². The summed E-state index contributed by atoms with van der Waals surface area (Å²) in [7, 11) is -3.62. The van der Waals surface area contributed by atoms with Crippen LogP contribution in [0.4, 0.5) is 5.69 Å². The Balaban J connectivity index is 2.16. The predicted molar refractivity (Wildman–Crippen MR) is 112 cm³/mol. The quantitative estimate of drug-likeness (QED) is 0.732. The molecule has 2 aromatic rings. The van der Waals surface area contributed by atoms with Gasteiger partial charge in [0.1, 0.15) is 12.3 Å². The minimum Gasteiger partial charge on any atom is -0.494 e. The molecule has 7 heteroatoms. The molecule has 1 amide bonds. The van der Waals surface area contributed by atoms with Crippen molar-refractivity contribution in [3.05, 3.63) is 59.2 Å². The molecule has 2 rings (SSSR count). The number of ether oxygens (including phenoxy) is 1. The third kappa shape index (κ3) is 5.73. The Kier molecular flexibility index (Phi) is 7.07. The van der Waals surface area contributed by atoms with Gasteiger partial charge in [-0.3, -0.25) is 9.10 Å². The number of rotatable bonds is 8. The van der Waals surface area contributed by atoms with Crippen LogP contribution in [0.3, 0.4) is 0 Å². The first-order valence-electron chi connectivity index (χ1n) is 9.19. The highest BCUT2D eigenvalue weighted by Gasteiger charge is 2.22. The minimum absolute atomic E-state index is 0.228. The fourth-order valence-electron chi connectivity index (χ4n) is 3.00. The Morgan fingerprint density at radius 2 is 1.79 bits per heavy atom. The number of hydrogen-bond acceptors (Lipinski definition) is 4. The molecule has 0 aliphatic rings. The zero-order chi connectivity index (χ0) is 20.9. The highest BCUT2D eigenvalue weighted by atomic mass is 32.2. The van der Waals surface area contributed by atoms with Crippen LogP contribution in [0, 0.1) is 13.8 Å². The van der Waals surface area contributed by atoms with Crippen LogP contribution in [-0.2, 0) is 14.8 Å². The van der Waals surface area contributed by atoms with Crippen LogP contribution in [0.1, 0.15) is 36.6 Å². The summed E-state index contributed by atoms with van der Waals surface area (Å²) in [6.45, 7) is 7.98. The predicted octanol–water partition coefficient (Wildman–Crippen LogP) is 3.35. The largest absolute Gasteiger partial charge is 0.494 e. The van der Waals surface area contributed by atoms with Gasteiger partial charge in [0.15, 0.2) is 0 Å². The van der Waals surface area contributed by atoms with Crippen LogP contribution in [0.5, 0.6) is 5.75 Å². The van der Waals surface area contributed by atoms with Crippen LogP contribution < -0.4 is 14.4 Å². The summed E-state index contributed by atoms with van der Waals surface area (Å²) in [6.07, 6.45) is 1.09. The van der Waals surface area contributed by atoms with E-state index < -0.39 is 10.0 Å². The standard InChI is InChI=1S/C21H28N2O4S/c1-6-27-19-11-9-18(10-12-19)23(28(5,25)26)14-21(24)22-17(4)20-13-15(2)7-8-16(20)3/h7-13,17H,6,14H2,1-5H3,(H,22,24). The van der Waals surface area contributed by atoms with Crippen molar-refractivity contribution in [3.63, 3.8) is 0 Å². The van der Waals surface area contributed by atoms with E-state index in [0.717, 1.165) is 27.3 Å². The van der Waals surface area contributed by atoms with E-state index in [1.165, 1.54) is 0 Å². The molecular weight excluding hydrogens is 376 g/mol. The van der Waals surface area contributed by atoms with Crippen LogP contribution in [0.15, 0.2) is 42.5 Å². The number of carbonyl (C=O) groups excluding carboxylic acids is 1. The molecule has 0 aliphatic carbocycles. The molecule has 1 atom stereocenters. The molecule has 0 aromatic heterocycles. The third-order valence-corrected chi connectivity index (χ3v) is 5.54. The monoisotopic (exact) mass is 404 g/mol. The molecule has 0 spiro atoms. The molecule has 0 saturated heterocycles. The lowest BCUT2D eigenvalue weighted by atomic mass is 10.00. The second-order valence-corrected chi connectivity index (χ2v) is 8.75. The van der Waals surface area contributed by atoms with Gasteiger partial charge in [-0.05, 0) is 63.1 Å². The van der Waals surface area contributed by atoms with Gasteiger partial charge in [-0.25, -0.2) is 8.42 Å².